The Morgan fingerprint density at radius 3 is 1.53 bits per heavy atom. The number of nitrogens with two attached hydrogens (primary N) is 3. The first kappa shape index (κ1) is 15.5. The number of carbonyl (C=O) groups excluding carboxylic acids is 2. The third-order valence-corrected chi connectivity index (χ3v) is 0.926. The van der Waals surface area contributed by atoms with Crippen LogP contribution in [0, 0.1) is 0 Å². The van der Waals surface area contributed by atoms with Gasteiger partial charge in [0.25, 0.3) is 0 Å². The molecule has 0 aromatic carbocycles. The first-order valence-corrected chi connectivity index (χ1v) is 3.67. The highest BCUT2D eigenvalue weighted by Crippen LogP contribution is 1.71. The summed E-state index contributed by atoms with van der Waals surface area (Å²) >= 11 is 0. The maximum absolute atomic E-state index is 9.83. The molecule has 0 radical (unpaired) electrons. The second-order valence-corrected chi connectivity index (χ2v) is 2.27. The van der Waals surface area contributed by atoms with Crippen LogP contribution in [0.3, 0.4) is 0 Å². The molecule has 0 unspecified atom stereocenters. The Labute approximate surface area is 85.3 Å². The lowest BCUT2D eigenvalue weighted by atomic mass is 10.3. The molecular weight excluding hydrogens is 206 g/mol. The number of hydrogen-bond acceptors (Lipinski definition) is 5. The number of hydrogen-bond donors (Lipinski definition) is 5. The van der Waals surface area contributed by atoms with E-state index >= 15 is 0 Å². The Bertz CT molecular complexity index is 247. The van der Waals surface area contributed by atoms with E-state index < -0.39 is 30.4 Å². The van der Waals surface area contributed by atoms with Crippen molar-refractivity contribution in [2.24, 2.45) is 17.2 Å². The molecule has 0 saturated heterocycles. The molecular formula is C7H13N3O5. The summed E-state index contributed by atoms with van der Waals surface area (Å²) in [6, 6.07) is -1.13. The summed E-state index contributed by atoms with van der Waals surface area (Å²) < 4.78 is 0. The van der Waals surface area contributed by atoms with Crippen molar-refractivity contribution in [1.82, 2.24) is 0 Å². The Morgan fingerprint density at radius 2 is 1.47 bits per heavy atom. The van der Waals surface area contributed by atoms with Crippen molar-refractivity contribution in [3.05, 3.63) is 12.2 Å². The van der Waals surface area contributed by atoms with Crippen LogP contribution in [0.2, 0.25) is 0 Å². The topological polar surface area (TPSA) is 170 Å². The zero-order valence-electron chi connectivity index (χ0n) is 7.79. The van der Waals surface area contributed by atoms with E-state index in [4.69, 9.17) is 15.9 Å². The summed E-state index contributed by atoms with van der Waals surface area (Å²) in [5.74, 6) is -2.53. The van der Waals surface area contributed by atoms with Gasteiger partial charge in [-0.15, -0.1) is 0 Å². The molecule has 0 spiro atoms. The maximum atomic E-state index is 9.83. The molecule has 0 aromatic rings. The predicted octanol–water partition coefficient (Wildman–Crippen LogP) is -3.10. The lowest BCUT2D eigenvalue weighted by Gasteiger charge is -1.96. The van der Waals surface area contributed by atoms with Crippen LogP contribution in [0.4, 0.5) is 0 Å². The van der Waals surface area contributed by atoms with Gasteiger partial charge >= 0.3 is 5.97 Å². The van der Waals surface area contributed by atoms with Crippen molar-refractivity contribution in [1.29, 1.82) is 0 Å². The summed E-state index contributed by atoms with van der Waals surface area (Å²) in [4.78, 5) is 29.3. The number of rotatable bonds is 4. The van der Waals surface area contributed by atoms with Gasteiger partial charge in [-0.1, -0.05) is 0 Å². The van der Waals surface area contributed by atoms with Crippen molar-refractivity contribution >= 4 is 17.8 Å². The van der Waals surface area contributed by atoms with Gasteiger partial charge < -0.3 is 27.4 Å². The predicted molar refractivity (Wildman–Crippen MR) is 50.2 cm³/mol. The van der Waals surface area contributed by atoms with Gasteiger partial charge in [-0.25, -0.2) is 0 Å². The lowest BCUT2D eigenvalue weighted by Crippen LogP contribution is -2.33. The minimum Gasteiger partial charge on any atom is -0.480 e. The highest BCUT2D eigenvalue weighted by molar-refractivity contribution is 5.95. The molecule has 0 heterocycles. The van der Waals surface area contributed by atoms with Gasteiger partial charge in [0.05, 0.1) is 6.61 Å². The molecule has 8 N–H and O–H groups in total. The highest BCUT2D eigenvalue weighted by atomic mass is 16.4. The lowest BCUT2D eigenvalue weighted by molar-refractivity contribution is -0.139. The van der Waals surface area contributed by atoms with Crippen LogP contribution in [0.1, 0.15) is 0 Å². The van der Waals surface area contributed by atoms with E-state index in [0.29, 0.717) is 0 Å². The second kappa shape index (κ2) is 8.66. The van der Waals surface area contributed by atoms with Crippen LogP contribution < -0.4 is 17.2 Å². The van der Waals surface area contributed by atoms with E-state index in [1.54, 1.807) is 0 Å². The number of aliphatic hydroxyl groups excluding tert-OH is 1. The second-order valence-electron chi connectivity index (χ2n) is 2.27. The monoisotopic (exact) mass is 219 g/mol. The van der Waals surface area contributed by atoms with Crippen LogP contribution in [0.25, 0.3) is 0 Å². The largest absolute Gasteiger partial charge is 0.480 e. The van der Waals surface area contributed by atoms with Crippen LogP contribution >= 0.6 is 0 Å². The van der Waals surface area contributed by atoms with E-state index in [1.165, 1.54) is 0 Å². The first-order chi connectivity index (χ1) is 6.81. The molecule has 0 aliphatic carbocycles. The molecule has 0 bridgehead atoms. The number of aliphatic carboxylic acids is 1. The third-order valence-electron chi connectivity index (χ3n) is 0.926. The van der Waals surface area contributed by atoms with Crippen LogP contribution in [0.15, 0.2) is 12.2 Å². The minimum atomic E-state index is -1.18. The van der Waals surface area contributed by atoms with Crippen molar-refractivity contribution in [3.63, 3.8) is 0 Å². The maximum Gasteiger partial charge on any atom is 0.322 e. The van der Waals surface area contributed by atoms with E-state index in [9.17, 15) is 14.4 Å². The fourth-order valence-electron chi connectivity index (χ4n) is 0.242. The summed E-state index contributed by atoms with van der Waals surface area (Å²) in [5, 5.41) is 15.9. The van der Waals surface area contributed by atoms with Gasteiger partial charge in [0.2, 0.25) is 11.8 Å². The molecule has 0 aromatic heterocycles. The quantitative estimate of drug-likeness (QED) is 0.313. The first-order valence-electron chi connectivity index (χ1n) is 3.67. The summed E-state index contributed by atoms with van der Waals surface area (Å²) in [6.07, 6.45) is 1.81. The van der Waals surface area contributed by atoms with Crippen LogP contribution in [-0.2, 0) is 14.4 Å². The third kappa shape index (κ3) is 14.9. The van der Waals surface area contributed by atoms with E-state index in [2.05, 4.69) is 11.5 Å². The van der Waals surface area contributed by atoms with Gasteiger partial charge in [0.15, 0.2) is 0 Å². The van der Waals surface area contributed by atoms with E-state index in [0.717, 1.165) is 12.2 Å². The summed E-state index contributed by atoms with van der Waals surface area (Å²) in [7, 11) is 0. The number of amides is 2. The number of carboxylic acid groups (broad SMARTS) is 1. The molecule has 86 valence electrons. The molecule has 15 heavy (non-hydrogen) atoms. The molecule has 1 atom stereocenters. The van der Waals surface area contributed by atoms with Gasteiger partial charge in [0, 0.05) is 12.2 Å². The van der Waals surface area contributed by atoms with Gasteiger partial charge in [-0.2, -0.15) is 0 Å². The smallest absolute Gasteiger partial charge is 0.322 e. The molecule has 0 saturated carbocycles. The van der Waals surface area contributed by atoms with Crippen LogP contribution in [0.5, 0.6) is 0 Å². The minimum absolute atomic E-state index is 0.505. The Kier molecular flexibility index (Phi) is 8.97. The van der Waals surface area contributed by atoms with Crippen LogP contribution in [-0.4, -0.2) is 40.6 Å². The van der Waals surface area contributed by atoms with Crippen molar-refractivity contribution in [2.45, 2.75) is 6.04 Å². The standard InChI is InChI=1S/C4H6N2O2.C3H7NO3/c5-3(7)1-2-4(6)8;4-2(1-5)3(6)7/h1-2H,(H2,5,7)(H2,6,8);2,5H,1,4H2,(H,6,7)/b2-1+;/t;2-/m.0/s1. The molecule has 8 nitrogen and oxygen atoms in total. The van der Waals surface area contributed by atoms with E-state index in [1.807, 2.05) is 0 Å². The molecule has 0 aliphatic rings. The Balaban J connectivity index is 0. The van der Waals surface area contributed by atoms with Crippen molar-refractivity contribution < 1.29 is 24.6 Å². The van der Waals surface area contributed by atoms with Gasteiger partial charge in [-0.3, -0.25) is 14.4 Å². The number of aliphatic hydroxyl groups is 1. The molecule has 0 fully saturated rings. The molecule has 2 amide bonds. The Hall–Kier alpha value is -1.93. The SMILES string of the molecule is NC(=O)/C=C/C(N)=O.N[C@@H](CO)C(=O)O. The fraction of sp³-hybridized carbons (Fsp3) is 0.286. The number of primary amides is 2. The fourth-order valence-corrected chi connectivity index (χ4v) is 0.242. The normalized spacial score (nSPS) is 11.3. The van der Waals surface area contributed by atoms with Gasteiger partial charge in [0.1, 0.15) is 6.04 Å². The van der Waals surface area contributed by atoms with Crippen molar-refractivity contribution in [3.8, 4) is 0 Å². The molecule has 0 aliphatic heterocycles. The Morgan fingerprint density at radius 1 is 1.13 bits per heavy atom. The highest BCUT2D eigenvalue weighted by Gasteiger charge is 2.06. The summed E-state index contributed by atoms with van der Waals surface area (Å²) in [5.41, 5.74) is 14.0. The summed E-state index contributed by atoms with van der Waals surface area (Å²) in [6.45, 7) is -0.505. The zero-order valence-corrected chi connectivity index (χ0v) is 7.79. The molecule has 8 heteroatoms. The number of carbonyl (C=O) groups is 3. The average Bonchev–Trinajstić information content (AvgIpc) is 2.14. The van der Waals surface area contributed by atoms with Gasteiger partial charge in [-0.05, 0) is 0 Å². The zero-order chi connectivity index (χ0) is 12.4. The average molecular weight is 219 g/mol. The van der Waals surface area contributed by atoms with Crippen molar-refractivity contribution in [2.75, 3.05) is 6.61 Å². The molecule has 0 rings (SSSR count). The van der Waals surface area contributed by atoms with E-state index in [-0.39, 0.29) is 0 Å². The number of carboxylic acids is 1.